The molecular formula is C13H24N2OS2. The minimum atomic E-state index is -0.289. The van der Waals surface area contributed by atoms with E-state index >= 15 is 0 Å². The SMILES string of the molecule is CCCC(C(=O)NC1CCC(SCC)C1)C(N)=S. The van der Waals surface area contributed by atoms with Crippen LogP contribution in [0.1, 0.15) is 46.0 Å². The molecule has 3 nitrogen and oxygen atoms in total. The quantitative estimate of drug-likeness (QED) is 0.707. The second-order valence-corrected chi connectivity index (χ2v) is 6.89. The van der Waals surface area contributed by atoms with Gasteiger partial charge in [-0.3, -0.25) is 4.79 Å². The van der Waals surface area contributed by atoms with Gasteiger partial charge < -0.3 is 11.1 Å². The van der Waals surface area contributed by atoms with Crippen LogP contribution in [0.5, 0.6) is 0 Å². The number of rotatable bonds is 7. The first kappa shape index (κ1) is 15.8. The van der Waals surface area contributed by atoms with Crippen molar-refractivity contribution < 1.29 is 4.79 Å². The Balaban J connectivity index is 2.42. The Hall–Kier alpha value is -0.290. The Morgan fingerprint density at radius 1 is 1.50 bits per heavy atom. The van der Waals surface area contributed by atoms with E-state index < -0.39 is 0 Å². The van der Waals surface area contributed by atoms with Crippen molar-refractivity contribution in [2.45, 2.75) is 57.2 Å². The molecule has 0 saturated heterocycles. The molecule has 3 atom stereocenters. The summed E-state index contributed by atoms with van der Waals surface area (Å²) >= 11 is 6.97. The van der Waals surface area contributed by atoms with Crippen LogP contribution in [0.4, 0.5) is 0 Å². The van der Waals surface area contributed by atoms with Crippen molar-refractivity contribution in [3.8, 4) is 0 Å². The van der Waals surface area contributed by atoms with Crippen molar-refractivity contribution >= 4 is 34.9 Å². The number of hydrogen-bond donors (Lipinski definition) is 2. The summed E-state index contributed by atoms with van der Waals surface area (Å²) in [5, 5.41) is 3.82. The largest absolute Gasteiger partial charge is 0.393 e. The zero-order valence-electron chi connectivity index (χ0n) is 11.3. The molecule has 0 heterocycles. The van der Waals surface area contributed by atoms with Gasteiger partial charge in [0.05, 0.1) is 10.9 Å². The Labute approximate surface area is 120 Å². The molecule has 1 saturated carbocycles. The summed E-state index contributed by atoms with van der Waals surface area (Å²) < 4.78 is 0. The van der Waals surface area contributed by atoms with Gasteiger partial charge in [0.25, 0.3) is 0 Å². The highest BCUT2D eigenvalue weighted by Gasteiger charge is 2.28. The third-order valence-corrected chi connectivity index (χ3v) is 4.89. The number of thioether (sulfide) groups is 1. The molecule has 0 aliphatic heterocycles. The van der Waals surface area contributed by atoms with E-state index in [-0.39, 0.29) is 11.8 Å². The minimum Gasteiger partial charge on any atom is -0.393 e. The van der Waals surface area contributed by atoms with E-state index in [0.717, 1.165) is 31.4 Å². The van der Waals surface area contributed by atoms with Crippen molar-refractivity contribution in [3.63, 3.8) is 0 Å². The molecule has 1 rings (SSSR count). The molecule has 3 N–H and O–H groups in total. The maximum Gasteiger partial charge on any atom is 0.230 e. The Bertz CT molecular complexity index is 297. The lowest BCUT2D eigenvalue weighted by atomic mass is 10.0. The number of thiocarbonyl (C=S) groups is 1. The lowest BCUT2D eigenvalue weighted by molar-refractivity contribution is -0.123. The van der Waals surface area contributed by atoms with Crippen LogP contribution in [-0.4, -0.2) is 27.9 Å². The van der Waals surface area contributed by atoms with Gasteiger partial charge in [0.1, 0.15) is 0 Å². The molecule has 0 spiro atoms. The van der Waals surface area contributed by atoms with E-state index in [1.54, 1.807) is 0 Å². The smallest absolute Gasteiger partial charge is 0.230 e. The van der Waals surface area contributed by atoms with Crippen molar-refractivity contribution in [2.24, 2.45) is 11.7 Å². The van der Waals surface area contributed by atoms with Gasteiger partial charge in [0, 0.05) is 11.3 Å². The van der Waals surface area contributed by atoms with Gasteiger partial charge in [-0.05, 0) is 31.4 Å². The molecule has 18 heavy (non-hydrogen) atoms. The summed E-state index contributed by atoms with van der Waals surface area (Å²) in [6, 6.07) is 0.315. The molecule has 0 aromatic rings. The average molecular weight is 288 g/mol. The maximum absolute atomic E-state index is 12.1. The van der Waals surface area contributed by atoms with E-state index in [4.69, 9.17) is 18.0 Å². The van der Waals surface area contributed by atoms with Crippen LogP contribution in [-0.2, 0) is 4.79 Å². The van der Waals surface area contributed by atoms with Gasteiger partial charge in [-0.25, -0.2) is 0 Å². The molecule has 0 bridgehead atoms. The molecule has 1 aliphatic rings. The number of hydrogen-bond acceptors (Lipinski definition) is 3. The maximum atomic E-state index is 12.1. The minimum absolute atomic E-state index is 0.0245. The number of amides is 1. The van der Waals surface area contributed by atoms with Gasteiger partial charge in [0.15, 0.2) is 0 Å². The van der Waals surface area contributed by atoms with Gasteiger partial charge in [-0.2, -0.15) is 11.8 Å². The average Bonchev–Trinajstić information content (AvgIpc) is 2.73. The van der Waals surface area contributed by atoms with Gasteiger partial charge in [-0.1, -0.05) is 32.5 Å². The summed E-state index contributed by atoms with van der Waals surface area (Å²) in [4.78, 5) is 12.4. The van der Waals surface area contributed by atoms with Gasteiger partial charge >= 0.3 is 0 Å². The van der Waals surface area contributed by atoms with Crippen molar-refractivity contribution in [2.75, 3.05) is 5.75 Å². The zero-order chi connectivity index (χ0) is 13.5. The second kappa shape index (κ2) is 8.00. The normalized spacial score (nSPS) is 24.8. The summed E-state index contributed by atoms with van der Waals surface area (Å²) in [7, 11) is 0. The van der Waals surface area contributed by atoms with E-state index in [2.05, 4.69) is 12.2 Å². The molecule has 0 radical (unpaired) electrons. The Morgan fingerprint density at radius 2 is 2.22 bits per heavy atom. The van der Waals surface area contributed by atoms with E-state index in [1.165, 1.54) is 6.42 Å². The third kappa shape index (κ3) is 4.76. The van der Waals surface area contributed by atoms with E-state index in [9.17, 15) is 4.79 Å². The first-order valence-corrected chi connectivity index (χ1v) is 8.25. The number of carbonyl (C=O) groups excluding carboxylic acids is 1. The number of carbonyl (C=O) groups is 1. The molecule has 3 unspecified atom stereocenters. The molecule has 0 aromatic heterocycles. The fourth-order valence-electron chi connectivity index (χ4n) is 2.45. The summed E-state index contributed by atoms with van der Waals surface area (Å²) in [5.74, 6) is 0.885. The number of nitrogens with one attached hydrogen (secondary N) is 1. The lowest BCUT2D eigenvalue weighted by Crippen LogP contribution is -2.42. The Kier molecular flexibility index (Phi) is 7.00. The summed E-state index contributed by atoms with van der Waals surface area (Å²) in [5.41, 5.74) is 5.64. The van der Waals surface area contributed by atoms with Crippen molar-refractivity contribution in [1.82, 2.24) is 5.32 Å². The van der Waals surface area contributed by atoms with Gasteiger partial charge in [0.2, 0.25) is 5.91 Å². The topological polar surface area (TPSA) is 55.1 Å². The van der Waals surface area contributed by atoms with Crippen LogP contribution in [0.3, 0.4) is 0 Å². The van der Waals surface area contributed by atoms with Crippen LogP contribution in [0.2, 0.25) is 0 Å². The van der Waals surface area contributed by atoms with Crippen LogP contribution in [0.15, 0.2) is 0 Å². The monoisotopic (exact) mass is 288 g/mol. The molecule has 1 aliphatic carbocycles. The molecule has 1 fully saturated rings. The molecular weight excluding hydrogens is 264 g/mol. The summed E-state index contributed by atoms with van der Waals surface area (Å²) in [6.45, 7) is 4.22. The van der Waals surface area contributed by atoms with Crippen LogP contribution in [0.25, 0.3) is 0 Å². The van der Waals surface area contributed by atoms with Crippen LogP contribution >= 0.6 is 24.0 Å². The highest BCUT2D eigenvalue weighted by atomic mass is 32.2. The van der Waals surface area contributed by atoms with Gasteiger partial charge in [-0.15, -0.1) is 0 Å². The molecule has 5 heteroatoms. The summed E-state index contributed by atoms with van der Waals surface area (Å²) in [6.07, 6.45) is 5.05. The van der Waals surface area contributed by atoms with Crippen molar-refractivity contribution in [1.29, 1.82) is 0 Å². The van der Waals surface area contributed by atoms with E-state index in [0.29, 0.717) is 16.3 Å². The standard InChI is InChI=1S/C13H24N2OS2/c1-3-5-11(12(14)17)13(16)15-9-6-7-10(8-9)18-4-2/h9-11H,3-8H2,1-2H3,(H2,14,17)(H,15,16). The predicted octanol–water partition coefficient (Wildman–Crippen LogP) is 2.48. The van der Waals surface area contributed by atoms with Crippen molar-refractivity contribution in [3.05, 3.63) is 0 Å². The molecule has 1 amide bonds. The number of nitrogens with two attached hydrogens (primary N) is 1. The highest BCUT2D eigenvalue weighted by molar-refractivity contribution is 7.99. The van der Waals surface area contributed by atoms with Crippen LogP contribution in [0, 0.1) is 5.92 Å². The third-order valence-electron chi connectivity index (χ3n) is 3.37. The Morgan fingerprint density at radius 3 is 2.78 bits per heavy atom. The van der Waals surface area contributed by atoms with Crippen LogP contribution < -0.4 is 11.1 Å². The fraction of sp³-hybridized carbons (Fsp3) is 0.846. The first-order valence-electron chi connectivity index (χ1n) is 6.79. The predicted molar refractivity (Wildman–Crippen MR) is 82.9 cm³/mol. The van der Waals surface area contributed by atoms with E-state index in [1.807, 2.05) is 18.7 Å². The lowest BCUT2D eigenvalue weighted by Gasteiger charge is -2.18. The molecule has 0 aromatic carbocycles. The zero-order valence-corrected chi connectivity index (χ0v) is 12.9. The first-order chi connectivity index (χ1) is 8.58. The fourth-order valence-corrected chi connectivity index (χ4v) is 3.82. The highest BCUT2D eigenvalue weighted by Crippen LogP contribution is 2.29. The second-order valence-electron chi connectivity index (χ2n) is 4.84. The molecule has 104 valence electrons.